The Morgan fingerprint density at radius 1 is 0.273 bits per heavy atom. The number of hydrogen-bond donors (Lipinski definition) is 0. The normalized spacial score (nSPS) is 13.0. The summed E-state index contributed by atoms with van der Waals surface area (Å²) in [5.74, 6) is 0. The van der Waals surface area contributed by atoms with E-state index < -0.39 is 5.41 Å². The largest absolute Gasteiger partial charge is 0.151 e. The maximum absolute atomic E-state index is 4.44. The molecule has 0 aliphatic heterocycles. The van der Waals surface area contributed by atoms with E-state index in [1.807, 2.05) is 127 Å². The minimum absolute atomic E-state index is 0.473. The molecule has 0 spiro atoms. The van der Waals surface area contributed by atoms with Gasteiger partial charge >= 0.3 is 0 Å². The summed E-state index contributed by atoms with van der Waals surface area (Å²) in [5, 5.41) is 26.4. The summed E-state index contributed by atoms with van der Waals surface area (Å²) in [5.41, 5.74) is 7.69. The molecule has 6 aromatic carbocycles. The molecule has 0 amide bonds. The van der Waals surface area contributed by atoms with Crippen LogP contribution in [0.5, 0.6) is 0 Å². The first-order valence-electron chi connectivity index (χ1n) is 14.4. The zero-order valence-electron chi connectivity index (χ0n) is 24.3. The molecule has 0 radical (unpaired) electrons. The zero-order chi connectivity index (χ0) is 30.0. The maximum Gasteiger partial charge on any atom is 0.0857 e. The summed E-state index contributed by atoms with van der Waals surface area (Å²) in [4.78, 5) is 0. The Labute approximate surface area is 257 Å². The third kappa shape index (κ3) is 6.77. The molecule has 0 unspecified atom stereocenters. The second kappa shape index (κ2) is 13.4. The Balaban J connectivity index is 1.32. The van der Waals surface area contributed by atoms with E-state index in [4.69, 9.17) is 0 Å². The van der Waals surface area contributed by atoms with Crippen LogP contribution in [0.4, 0.5) is 34.1 Å². The maximum atomic E-state index is 4.44. The van der Waals surface area contributed by atoms with Crippen LogP contribution >= 0.6 is 0 Å². The van der Waals surface area contributed by atoms with E-state index in [9.17, 15) is 0 Å². The van der Waals surface area contributed by atoms with Gasteiger partial charge in [-0.15, -0.1) is 0 Å². The molecular weight excluding hydrogens is 540 g/mol. The van der Waals surface area contributed by atoms with Crippen LogP contribution in [0.25, 0.3) is 0 Å². The number of nitrogens with zero attached hydrogens (tertiary/aromatic N) is 6. The third-order valence-electron chi connectivity index (χ3n) is 7.45. The predicted molar refractivity (Wildman–Crippen MR) is 177 cm³/mol. The van der Waals surface area contributed by atoms with E-state index in [0.717, 1.165) is 50.8 Å². The lowest BCUT2D eigenvalue weighted by molar-refractivity contribution is 0.692. The van der Waals surface area contributed by atoms with Gasteiger partial charge in [0.05, 0.1) is 34.1 Å². The fourth-order valence-corrected chi connectivity index (χ4v) is 4.91. The van der Waals surface area contributed by atoms with E-state index >= 15 is 0 Å². The topological polar surface area (TPSA) is 74.2 Å². The Morgan fingerprint density at radius 3 is 0.705 bits per heavy atom. The first-order valence-corrected chi connectivity index (χ1v) is 14.4. The van der Waals surface area contributed by atoms with Crippen molar-refractivity contribution in [1.82, 2.24) is 0 Å². The summed E-state index contributed by atoms with van der Waals surface area (Å²) < 4.78 is 0. The van der Waals surface area contributed by atoms with Crippen LogP contribution in [0.1, 0.15) is 23.6 Å². The van der Waals surface area contributed by atoms with E-state index in [0.29, 0.717) is 0 Å². The number of hydrogen-bond acceptors (Lipinski definition) is 6. The Hall–Kier alpha value is -5.88. The first kappa shape index (κ1) is 28.2. The lowest BCUT2D eigenvalue weighted by atomic mass is 9.71. The van der Waals surface area contributed by atoms with Crippen molar-refractivity contribution in [3.05, 3.63) is 180 Å². The summed E-state index contributed by atoms with van der Waals surface area (Å²) in [6.07, 6.45) is 0. The molecule has 0 heterocycles. The van der Waals surface area contributed by atoms with Crippen molar-refractivity contribution in [2.24, 2.45) is 30.7 Å². The van der Waals surface area contributed by atoms with Gasteiger partial charge in [-0.2, -0.15) is 30.7 Å². The fraction of sp³-hybridized carbons (Fsp3) is 0.0526. The molecule has 0 bridgehead atoms. The molecule has 0 aliphatic rings. The molecule has 212 valence electrons. The predicted octanol–water partition coefficient (Wildman–Crippen LogP) is 12.3. The van der Waals surface area contributed by atoms with Crippen LogP contribution in [0, 0.1) is 0 Å². The van der Waals surface area contributed by atoms with Gasteiger partial charge in [-0.3, -0.25) is 0 Å². The van der Waals surface area contributed by atoms with Gasteiger partial charge in [0.1, 0.15) is 0 Å². The van der Waals surface area contributed by atoms with Crippen molar-refractivity contribution in [3.63, 3.8) is 0 Å². The summed E-state index contributed by atoms with van der Waals surface area (Å²) >= 11 is 0. The second-order valence-electron chi connectivity index (χ2n) is 10.4. The van der Waals surface area contributed by atoms with Gasteiger partial charge in [0.2, 0.25) is 0 Å². The van der Waals surface area contributed by atoms with E-state index in [1.54, 1.807) is 0 Å². The van der Waals surface area contributed by atoms with Gasteiger partial charge in [0.15, 0.2) is 0 Å². The fourth-order valence-electron chi connectivity index (χ4n) is 4.91. The van der Waals surface area contributed by atoms with E-state index in [1.165, 1.54) is 0 Å². The Kier molecular flexibility index (Phi) is 8.60. The van der Waals surface area contributed by atoms with E-state index in [2.05, 4.69) is 74.0 Å². The van der Waals surface area contributed by atoms with Crippen LogP contribution in [-0.2, 0) is 5.41 Å². The minimum Gasteiger partial charge on any atom is -0.151 e. The van der Waals surface area contributed by atoms with E-state index in [-0.39, 0.29) is 0 Å². The zero-order valence-corrected chi connectivity index (χ0v) is 24.3. The Morgan fingerprint density at radius 2 is 0.477 bits per heavy atom. The van der Waals surface area contributed by atoms with Crippen LogP contribution in [-0.4, -0.2) is 0 Å². The molecule has 0 saturated carbocycles. The average Bonchev–Trinajstić information content (AvgIpc) is 3.10. The molecule has 0 fully saturated rings. The summed E-state index contributed by atoms with van der Waals surface area (Å²) in [6.45, 7) is 2.23. The van der Waals surface area contributed by atoms with Crippen LogP contribution in [0.3, 0.4) is 0 Å². The standard InChI is InChI=1S/C38H30N6/c1-38(29-17-23-35(24-18-29)42-39-32-11-5-2-6-12-32,30-19-25-36(26-20-30)43-40-33-13-7-3-8-14-33)31-21-27-37(28-22-31)44-41-34-15-9-4-10-16-34/h2-28H,1H3. The first-order chi connectivity index (χ1) is 21.7. The molecule has 6 nitrogen and oxygen atoms in total. The number of benzene rings is 6. The highest BCUT2D eigenvalue weighted by Gasteiger charge is 2.31. The van der Waals surface area contributed by atoms with Gasteiger partial charge < -0.3 is 0 Å². The van der Waals surface area contributed by atoms with Crippen LogP contribution in [0.2, 0.25) is 0 Å². The molecule has 6 rings (SSSR count). The highest BCUT2D eigenvalue weighted by atomic mass is 15.1. The molecule has 44 heavy (non-hydrogen) atoms. The highest BCUT2D eigenvalue weighted by molar-refractivity contribution is 5.56. The monoisotopic (exact) mass is 570 g/mol. The lowest BCUT2D eigenvalue weighted by Crippen LogP contribution is -2.25. The van der Waals surface area contributed by atoms with Crippen LogP contribution in [0.15, 0.2) is 194 Å². The molecule has 0 aliphatic carbocycles. The molecule has 0 saturated heterocycles. The number of rotatable bonds is 9. The van der Waals surface area contributed by atoms with Crippen molar-refractivity contribution < 1.29 is 0 Å². The van der Waals surface area contributed by atoms with Crippen molar-refractivity contribution in [1.29, 1.82) is 0 Å². The average molecular weight is 571 g/mol. The molecule has 6 aromatic rings. The third-order valence-corrected chi connectivity index (χ3v) is 7.45. The SMILES string of the molecule is CC(c1ccc(N=Nc2ccccc2)cc1)(c1ccc(N=Nc2ccccc2)cc1)c1ccc(N=Nc2ccccc2)cc1. The quantitative estimate of drug-likeness (QED) is 0.122. The van der Waals surface area contributed by atoms with Gasteiger partial charge in [-0.1, -0.05) is 91.0 Å². The van der Waals surface area contributed by atoms with Gasteiger partial charge in [-0.05, 0) is 96.4 Å². The van der Waals surface area contributed by atoms with Crippen molar-refractivity contribution in [2.45, 2.75) is 12.3 Å². The molecular formula is C38H30N6. The van der Waals surface area contributed by atoms with Crippen LogP contribution < -0.4 is 0 Å². The highest BCUT2D eigenvalue weighted by Crippen LogP contribution is 2.41. The van der Waals surface area contributed by atoms with Gasteiger partial charge in [0.25, 0.3) is 0 Å². The summed E-state index contributed by atoms with van der Waals surface area (Å²) in [7, 11) is 0. The Bertz CT molecular complexity index is 1640. The number of azo groups is 3. The molecule has 0 aromatic heterocycles. The molecule has 0 atom stereocenters. The lowest BCUT2D eigenvalue weighted by Gasteiger charge is -2.32. The smallest absolute Gasteiger partial charge is 0.0857 e. The van der Waals surface area contributed by atoms with Crippen molar-refractivity contribution in [2.75, 3.05) is 0 Å². The molecule has 6 heteroatoms. The van der Waals surface area contributed by atoms with Gasteiger partial charge in [0, 0.05) is 5.41 Å². The van der Waals surface area contributed by atoms with Crippen molar-refractivity contribution >= 4 is 34.1 Å². The van der Waals surface area contributed by atoms with Gasteiger partial charge in [-0.25, -0.2) is 0 Å². The molecule has 0 N–H and O–H groups in total. The minimum atomic E-state index is -0.473. The van der Waals surface area contributed by atoms with Crippen molar-refractivity contribution in [3.8, 4) is 0 Å². The second-order valence-corrected chi connectivity index (χ2v) is 10.4. The summed E-state index contributed by atoms with van der Waals surface area (Å²) in [6, 6.07) is 53.9.